The fraction of sp³-hybridized carbons (Fsp3) is 0.391. The highest BCUT2D eigenvalue weighted by molar-refractivity contribution is 6.01. The van der Waals surface area contributed by atoms with Gasteiger partial charge < -0.3 is 10.2 Å². The lowest BCUT2D eigenvalue weighted by atomic mass is 9.92. The molecule has 2 amide bonds. The summed E-state index contributed by atoms with van der Waals surface area (Å²) in [5, 5.41) is 2.92. The van der Waals surface area contributed by atoms with Crippen molar-refractivity contribution in [2.45, 2.75) is 59.2 Å². The van der Waals surface area contributed by atoms with Crippen LogP contribution in [0.5, 0.6) is 0 Å². The van der Waals surface area contributed by atoms with Crippen molar-refractivity contribution < 1.29 is 9.59 Å². The van der Waals surface area contributed by atoms with E-state index in [4.69, 9.17) is 0 Å². The van der Waals surface area contributed by atoms with Crippen LogP contribution in [0.25, 0.3) is 0 Å². The molecule has 2 aliphatic heterocycles. The molecule has 0 bridgehead atoms. The van der Waals surface area contributed by atoms with Crippen LogP contribution in [0.1, 0.15) is 88.1 Å². The lowest BCUT2D eigenvalue weighted by Crippen LogP contribution is -2.24. The van der Waals surface area contributed by atoms with Crippen molar-refractivity contribution in [3.05, 3.63) is 69.3 Å². The molecule has 0 aliphatic carbocycles. The Morgan fingerprint density at radius 1 is 0.963 bits per heavy atom. The quantitative estimate of drug-likeness (QED) is 0.880. The first-order valence-electron chi connectivity index (χ1n) is 9.71. The van der Waals surface area contributed by atoms with Gasteiger partial charge in [0.25, 0.3) is 11.8 Å². The Bertz CT molecular complexity index is 944. The predicted octanol–water partition coefficient (Wildman–Crippen LogP) is 4.33. The largest absolute Gasteiger partial charge is 0.348 e. The summed E-state index contributed by atoms with van der Waals surface area (Å²) in [6, 6.07) is 10.4. The maximum Gasteiger partial charge on any atom is 0.255 e. The second kappa shape index (κ2) is 6.52. The summed E-state index contributed by atoms with van der Waals surface area (Å²) in [7, 11) is 0. The van der Waals surface area contributed by atoms with E-state index in [1.54, 1.807) is 0 Å². The zero-order valence-corrected chi connectivity index (χ0v) is 16.4. The van der Waals surface area contributed by atoms with Crippen molar-refractivity contribution in [2.24, 2.45) is 0 Å². The summed E-state index contributed by atoms with van der Waals surface area (Å²) in [5.41, 5.74) is 7.18. The van der Waals surface area contributed by atoms with Crippen LogP contribution in [-0.2, 0) is 19.6 Å². The molecule has 1 N–H and O–H groups in total. The summed E-state index contributed by atoms with van der Waals surface area (Å²) in [6.45, 7) is 10.3. The lowest BCUT2D eigenvalue weighted by molar-refractivity contribution is 0.0765. The normalized spacial score (nSPS) is 15.6. The fourth-order valence-corrected chi connectivity index (χ4v) is 4.30. The van der Waals surface area contributed by atoms with E-state index in [2.05, 4.69) is 63.3 Å². The summed E-state index contributed by atoms with van der Waals surface area (Å²) in [4.78, 5) is 27.2. The molecule has 2 aromatic carbocycles. The van der Waals surface area contributed by atoms with Crippen molar-refractivity contribution in [2.75, 3.05) is 0 Å². The maximum absolute atomic E-state index is 13.1. The van der Waals surface area contributed by atoms with Gasteiger partial charge in [-0.3, -0.25) is 9.59 Å². The van der Waals surface area contributed by atoms with Crippen molar-refractivity contribution in [1.82, 2.24) is 10.2 Å². The molecule has 2 aliphatic rings. The highest BCUT2D eigenvalue weighted by Gasteiger charge is 2.31. The highest BCUT2D eigenvalue weighted by Crippen LogP contribution is 2.33. The molecule has 140 valence electrons. The van der Waals surface area contributed by atoms with E-state index in [1.807, 2.05) is 4.90 Å². The minimum Gasteiger partial charge on any atom is -0.348 e. The molecule has 0 atom stereocenters. The van der Waals surface area contributed by atoms with E-state index in [0.29, 0.717) is 25.6 Å². The Balaban J connectivity index is 1.66. The van der Waals surface area contributed by atoms with Gasteiger partial charge in [-0.15, -0.1) is 0 Å². The average molecular weight is 362 g/mol. The second-order valence-corrected chi connectivity index (χ2v) is 8.25. The molecule has 0 radical (unpaired) electrons. The van der Waals surface area contributed by atoms with Crippen molar-refractivity contribution in [3.63, 3.8) is 0 Å². The maximum atomic E-state index is 13.1. The third-order valence-corrected chi connectivity index (χ3v) is 5.64. The zero-order valence-electron chi connectivity index (χ0n) is 16.4. The smallest absolute Gasteiger partial charge is 0.255 e. The number of rotatable bonds is 4. The average Bonchev–Trinajstić information content (AvgIpc) is 3.15. The van der Waals surface area contributed by atoms with Crippen LogP contribution in [0.4, 0.5) is 0 Å². The third-order valence-electron chi connectivity index (χ3n) is 5.64. The number of nitrogens with zero attached hydrogens (tertiary/aromatic N) is 1. The summed E-state index contributed by atoms with van der Waals surface area (Å²) < 4.78 is 0. The lowest BCUT2D eigenvalue weighted by Gasteiger charge is -2.19. The number of hydrogen-bond donors (Lipinski definition) is 1. The number of hydrogen-bond acceptors (Lipinski definition) is 2. The molecular formula is C23H26N2O2. The van der Waals surface area contributed by atoms with E-state index in [1.165, 1.54) is 0 Å². The van der Waals surface area contributed by atoms with Gasteiger partial charge in [0.1, 0.15) is 0 Å². The minimum atomic E-state index is 0.0199. The molecule has 2 aromatic rings. The Morgan fingerprint density at radius 2 is 1.70 bits per heavy atom. The zero-order chi connectivity index (χ0) is 19.3. The van der Waals surface area contributed by atoms with Gasteiger partial charge in [0.05, 0.1) is 0 Å². The van der Waals surface area contributed by atoms with Gasteiger partial charge in [0.2, 0.25) is 0 Å². The van der Waals surface area contributed by atoms with Crippen LogP contribution < -0.4 is 5.32 Å². The number of nitrogens with one attached hydrogen (secondary N) is 1. The van der Waals surface area contributed by atoms with Crippen LogP contribution in [0.2, 0.25) is 0 Å². The van der Waals surface area contributed by atoms with Gasteiger partial charge in [-0.2, -0.15) is 0 Å². The van der Waals surface area contributed by atoms with Gasteiger partial charge in [0, 0.05) is 30.8 Å². The summed E-state index contributed by atoms with van der Waals surface area (Å²) in [6.07, 6.45) is 0. The molecular weight excluding hydrogens is 336 g/mol. The van der Waals surface area contributed by atoms with Crippen LogP contribution in [0, 0.1) is 0 Å². The molecule has 0 saturated heterocycles. The van der Waals surface area contributed by atoms with Crippen molar-refractivity contribution >= 4 is 11.8 Å². The van der Waals surface area contributed by atoms with Gasteiger partial charge >= 0.3 is 0 Å². The fourth-order valence-electron chi connectivity index (χ4n) is 4.30. The van der Waals surface area contributed by atoms with Crippen LogP contribution in [-0.4, -0.2) is 16.7 Å². The van der Waals surface area contributed by atoms with E-state index >= 15 is 0 Å². The number of carbonyl (C=O) groups excluding carboxylic acids is 2. The molecule has 2 heterocycles. The second-order valence-electron chi connectivity index (χ2n) is 8.25. The van der Waals surface area contributed by atoms with E-state index in [9.17, 15) is 9.59 Å². The Hall–Kier alpha value is -2.62. The van der Waals surface area contributed by atoms with Gasteiger partial charge in [-0.05, 0) is 39.7 Å². The predicted molar refractivity (Wildman–Crippen MR) is 106 cm³/mol. The van der Waals surface area contributed by atoms with Crippen LogP contribution in [0.3, 0.4) is 0 Å². The summed E-state index contributed by atoms with van der Waals surface area (Å²) >= 11 is 0. The molecule has 27 heavy (non-hydrogen) atoms. The molecule has 4 heteroatoms. The van der Waals surface area contributed by atoms with E-state index < -0.39 is 0 Å². The molecule has 0 spiro atoms. The first kappa shape index (κ1) is 17.8. The van der Waals surface area contributed by atoms with Crippen LogP contribution >= 0.6 is 0 Å². The van der Waals surface area contributed by atoms with Gasteiger partial charge in [0.15, 0.2) is 0 Å². The molecule has 0 saturated carbocycles. The molecule has 0 unspecified atom stereocenters. The standard InChI is InChI=1S/C23H26N2O2/c1-13(2)18-7-5-6-16-12-25(23(27)21(16)18)11-15-8-17-10-24-22(26)20(17)19(9-15)14(3)4/h5-9,13-14H,10-12H2,1-4H3,(H,24,26). The SMILES string of the molecule is CC(C)c1cc(CN2Cc3cccc(C(C)C)c3C2=O)cc2c1C(=O)NC2. The molecule has 0 aromatic heterocycles. The van der Waals surface area contributed by atoms with Crippen molar-refractivity contribution in [3.8, 4) is 0 Å². The number of fused-ring (bicyclic) bond motifs is 2. The van der Waals surface area contributed by atoms with Crippen LogP contribution in [0.15, 0.2) is 30.3 Å². The first-order chi connectivity index (χ1) is 12.9. The minimum absolute atomic E-state index is 0.0199. The molecule has 4 rings (SSSR count). The summed E-state index contributed by atoms with van der Waals surface area (Å²) in [5.74, 6) is 0.733. The van der Waals surface area contributed by atoms with E-state index in [-0.39, 0.29) is 17.7 Å². The number of benzene rings is 2. The van der Waals surface area contributed by atoms with Gasteiger partial charge in [-0.25, -0.2) is 0 Å². The van der Waals surface area contributed by atoms with Gasteiger partial charge in [-0.1, -0.05) is 58.0 Å². The number of carbonyl (C=O) groups is 2. The Kier molecular flexibility index (Phi) is 4.29. The molecule has 4 nitrogen and oxygen atoms in total. The molecule has 0 fully saturated rings. The highest BCUT2D eigenvalue weighted by atomic mass is 16.2. The van der Waals surface area contributed by atoms with Crippen molar-refractivity contribution in [1.29, 1.82) is 0 Å². The van der Waals surface area contributed by atoms with E-state index in [0.717, 1.165) is 38.9 Å². The third kappa shape index (κ3) is 2.93. The Labute approximate surface area is 160 Å². The topological polar surface area (TPSA) is 49.4 Å². The number of amides is 2. The Morgan fingerprint density at radius 3 is 2.41 bits per heavy atom. The monoisotopic (exact) mass is 362 g/mol. The first-order valence-corrected chi connectivity index (χ1v) is 9.71.